The van der Waals surface area contributed by atoms with Crippen molar-refractivity contribution in [2.45, 2.75) is 52.6 Å². The number of hydrogen-bond donors (Lipinski definition) is 3. The first kappa shape index (κ1) is 15.7. The lowest BCUT2D eigenvalue weighted by molar-refractivity contribution is 0.176. The minimum atomic E-state index is -0.322. The minimum absolute atomic E-state index is 0.322. The number of rotatable bonds is 9. The highest BCUT2D eigenvalue weighted by Crippen LogP contribution is 2.12. The maximum Gasteiger partial charge on any atom is 0.133 e. The molecule has 0 aliphatic heterocycles. The number of nitrogens with zero attached hydrogens (tertiary/aromatic N) is 2. The summed E-state index contributed by atoms with van der Waals surface area (Å²) in [5.41, 5.74) is 0. The van der Waals surface area contributed by atoms with E-state index in [1.807, 2.05) is 13.0 Å². The van der Waals surface area contributed by atoms with E-state index < -0.39 is 0 Å². The molecule has 0 aliphatic carbocycles. The summed E-state index contributed by atoms with van der Waals surface area (Å²) in [7, 11) is 0. The number of aliphatic hydroxyl groups is 1. The zero-order chi connectivity index (χ0) is 14.1. The number of aryl methyl sites for hydroxylation is 1. The van der Waals surface area contributed by atoms with E-state index in [0.717, 1.165) is 49.7 Å². The van der Waals surface area contributed by atoms with Crippen molar-refractivity contribution in [2.75, 3.05) is 23.7 Å². The summed E-state index contributed by atoms with van der Waals surface area (Å²) < 4.78 is 0. The Bertz CT molecular complexity index is 346. The zero-order valence-electron chi connectivity index (χ0n) is 12.2. The molecular formula is C14H26N4O. The van der Waals surface area contributed by atoms with Crippen LogP contribution in [0.2, 0.25) is 0 Å². The van der Waals surface area contributed by atoms with E-state index in [4.69, 9.17) is 0 Å². The summed E-state index contributed by atoms with van der Waals surface area (Å²) in [4.78, 5) is 8.92. The van der Waals surface area contributed by atoms with Crippen LogP contribution in [-0.2, 0) is 6.42 Å². The lowest BCUT2D eigenvalue weighted by Gasteiger charge is -2.13. The quantitative estimate of drug-likeness (QED) is 0.640. The monoisotopic (exact) mass is 266 g/mol. The first-order valence-corrected chi connectivity index (χ1v) is 7.23. The average Bonchev–Trinajstić information content (AvgIpc) is 2.37. The van der Waals surface area contributed by atoms with Crippen molar-refractivity contribution in [2.24, 2.45) is 0 Å². The number of nitrogens with one attached hydrogen (secondary N) is 2. The molecule has 3 N–H and O–H groups in total. The molecule has 1 aromatic heterocycles. The van der Waals surface area contributed by atoms with Crippen LogP contribution in [0.3, 0.4) is 0 Å². The lowest BCUT2D eigenvalue weighted by Crippen LogP contribution is -2.20. The highest BCUT2D eigenvalue weighted by molar-refractivity contribution is 5.47. The van der Waals surface area contributed by atoms with Crippen molar-refractivity contribution < 1.29 is 5.11 Å². The Morgan fingerprint density at radius 1 is 1.11 bits per heavy atom. The molecule has 0 bridgehead atoms. The molecule has 1 rings (SSSR count). The van der Waals surface area contributed by atoms with E-state index in [1.54, 1.807) is 0 Å². The molecule has 5 heteroatoms. The van der Waals surface area contributed by atoms with Crippen LogP contribution in [0.5, 0.6) is 0 Å². The van der Waals surface area contributed by atoms with Crippen LogP contribution in [0.4, 0.5) is 11.6 Å². The van der Waals surface area contributed by atoms with Crippen LogP contribution < -0.4 is 10.6 Å². The summed E-state index contributed by atoms with van der Waals surface area (Å²) in [6, 6.07) is 1.89. The molecule has 0 saturated carbocycles. The van der Waals surface area contributed by atoms with E-state index >= 15 is 0 Å². The second-order valence-electron chi connectivity index (χ2n) is 4.66. The number of anilines is 2. The highest BCUT2D eigenvalue weighted by atomic mass is 16.3. The van der Waals surface area contributed by atoms with Crippen molar-refractivity contribution in [3.8, 4) is 0 Å². The standard InChI is InChI=1S/C14H26N4O/c1-4-7-11(19)10-16-14-9-13(15-6-3)17-12(18-14)8-5-2/h9,11,19H,4-8,10H2,1-3H3,(H2,15,16,17,18). The predicted molar refractivity (Wildman–Crippen MR) is 79.6 cm³/mol. The molecule has 0 spiro atoms. The van der Waals surface area contributed by atoms with E-state index in [2.05, 4.69) is 34.4 Å². The van der Waals surface area contributed by atoms with Gasteiger partial charge >= 0.3 is 0 Å². The SMILES string of the molecule is CCCc1nc(NCC)cc(NCC(O)CCC)n1. The van der Waals surface area contributed by atoms with Crippen LogP contribution in [0.25, 0.3) is 0 Å². The summed E-state index contributed by atoms with van der Waals surface area (Å²) in [5, 5.41) is 16.1. The molecule has 1 aromatic rings. The maximum atomic E-state index is 9.73. The van der Waals surface area contributed by atoms with Crippen LogP contribution in [0.1, 0.15) is 45.9 Å². The molecule has 1 unspecified atom stereocenters. The fraction of sp³-hybridized carbons (Fsp3) is 0.714. The van der Waals surface area contributed by atoms with Crippen LogP contribution in [-0.4, -0.2) is 34.3 Å². The van der Waals surface area contributed by atoms with Gasteiger partial charge in [0.25, 0.3) is 0 Å². The van der Waals surface area contributed by atoms with Crippen LogP contribution >= 0.6 is 0 Å². The molecule has 0 amide bonds. The van der Waals surface area contributed by atoms with Gasteiger partial charge in [-0.25, -0.2) is 9.97 Å². The Kier molecular flexibility index (Phi) is 7.18. The predicted octanol–water partition coefficient (Wildman–Crippen LogP) is 2.43. The molecule has 0 saturated heterocycles. The number of aromatic nitrogens is 2. The Balaban J connectivity index is 2.69. The number of aliphatic hydroxyl groups excluding tert-OH is 1. The van der Waals surface area contributed by atoms with Gasteiger partial charge in [-0.05, 0) is 19.8 Å². The fourth-order valence-electron chi connectivity index (χ4n) is 1.85. The lowest BCUT2D eigenvalue weighted by atomic mass is 10.2. The minimum Gasteiger partial charge on any atom is -0.391 e. The molecular weight excluding hydrogens is 240 g/mol. The summed E-state index contributed by atoms with van der Waals surface area (Å²) in [6.07, 6.45) is 3.35. The van der Waals surface area contributed by atoms with Gasteiger partial charge in [0, 0.05) is 25.6 Å². The van der Waals surface area contributed by atoms with Crippen molar-refractivity contribution in [3.05, 3.63) is 11.9 Å². The second kappa shape index (κ2) is 8.69. The molecule has 1 atom stereocenters. The fourth-order valence-corrected chi connectivity index (χ4v) is 1.85. The summed E-state index contributed by atoms with van der Waals surface area (Å²) in [6.45, 7) is 7.58. The van der Waals surface area contributed by atoms with Gasteiger partial charge in [-0.2, -0.15) is 0 Å². The van der Waals surface area contributed by atoms with Gasteiger partial charge < -0.3 is 15.7 Å². The van der Waals surface area contributed by atoms with E-state index in [0.29, 0.717) is 6.54 Å². The van der Waals surface area contributed by atoms with Crippen molar-refractivity contribution in [1.82, 2.24) is 9.97 Å². The van der Waals surface area contributed by atoms with Gasteiger partial charge in [0.15, 0.2) is 0 Å². The molecule has 0 aliphatic rings. The zero-order valence-corrected chi connectivity index (χ0v) is 12.2. The van der Waals surface area contributed by atoms with E-state index in [1.165, 1.54) is 0 Å². The van der Waals surface area contributed by atoms with Crippen LogP contribution in [0.15, 0.2) is 6.07 Å². The molecule has 19 heavy (non-hydrogen) atoms. The van der Waals surface area contributed by atoms with Crippen LogP contribution in [0, 0.1) is 0 Å². The number of hydrogen-bond acceptors (Lipinski definition) is 5. The Morgan fingerprint density at radius 3 is 2.37 bits per heavy atom. The highest BCUT2D eigenvalue weighted by Gasteiger charge is 2.06. The Hall–Kier alpha value is -1.36. The van der Waals surface area contributed by atoms with Gasteiger partial charge in [-0.1, -0.05) is 20.3 Å². The summed E-state index contributed by atoms with van der Waals surface area (Å²) in [5.74, 6) is 2.46. The normalized spacial score (nSPS) is 12.2. The van der Waals surface area contributed by atoms with Gasteiger partial charge in [0.1, 0.15) is 17.5 Å². The Morgan fingerprint density at radius 2 is 1.79 bits per heavy atom. The molecule has 108 valence electrons. The first-order valence-electron chi connectivity index (χ1n) is 7.23. The maximum absolute atomic E-state index is 9.73. The van der Waals surface area contributed by atoms with Gasteiger partial charge in [0.2, 0.25) is 0 Å². The molecule has 0 aromatic carbocycles. The third kappa shape index (κ3) is 5.87. The largest absolute Gasteiger partial charge is 0.391 e. The van der Waals surface area contributed by atoms with E-state index in [9.17, 15) is 5.11 Å². The second-order valence-corrected chi connectivity index (χ2v) is 4.66. The smallest absolute Gasteiger partial charge is 0.133 e. The molecule has 0 fully saturated rings. The van der Waals surface area contributed by atoms with Crippen molar-refractivity contribution in [3.63, 3.8) is 0 Å². The topological polar surface area (TPSA) is 70.1 Å². The average molecular weight is 266 g/mol. The van der Waals surface area contributed by atoms with E-state index in [-0.39, 0.29) is 6.10 Å². The first-order chi connectivity index (χ1) is 9.19. The third-order valence-corrected chi connectivity index (χ3v) is 2.74. The third-order valence-electron chi connectivity index (χ3n) is 2.74. The molecule has 1 heterocycles. The summed E-state index contributed by atoms with van der Waals surface area (Å²) >= 11 is 0. The van der Waals surface area contributed by atoms with Gasteiger partial charge in [-0.3, -0.25) is 0 Å². The molecule has 0 radical (unpaired) electrons. The van der Waals surface area contributed by atoms with Crippen molar-refractivity contribution >= 4 is 11.6 Å². The molecule has 5 nitrogen and oxygen atoms in total. The van der Waals surface area contributed by atoms with Gasteiger partial charge in [-0.15, -0.1) is 0 Å². The van der Waals surface area contributed by atoms with Gasteiger partial charge in [0.05, 0.1) is 6.10 Å². The Labute approximate surface area is 115 Å². The van der Waals surface area contributed by atoms with Crippen molar-refractivity contribution in [1.29, 1.82) is 0 Å².